The molecule has 20 heavy (non-hydrogen) atoms. The highest BCUT2D eigenvalue weighted by Crippen LogP contribution is 2.51. The predicted octanol–water partition coefficient (Wildman–Crippen LogP) is 3.54. The topological polar surface area (TPSA) is 29.1 Å². The maximum absolute atomic E-state index is 12.0. The second kappa shape index (κ2) is 4.93. The summed E-state index contributed by atoms with van der Waals surface area (Å²) < 4.78 is 0. The Kier molecular flexibility index (Phi) is 3.25. The zero-order valence-electron chi connectivity index (χ0n) is 12.1. The number of hydrogen-bond acceptors (Lipinski definition) is 1. The van der Waals surface area contributed by atoms with Crippen LogP contribution in [0.5, 0.6) is 0 Å². The highest BCUT2D eigenvalue weighted by atomic mass is 16.2. The number of amides is 1. The van der Waals surface area contributed by atoms with Gasteiger partial charge in [0.1, 0.15) is 0 Å². The van der Waals surface area contributed by atoms with Crippen LogP contribution in [0.25, 0.3) is 10.8 Å². The minimum absolute atomic E-state index is 0.212. The van der Waals surface area contributed by atoms with Crippen molar-refractivity contribution in [3.05, 3.63) is 48.0 Å². The van der Waals surface area contributed by atoms with Crippen LogP contribution in [0.3, 0.4) is 0 Å². The van der Waals surface area contributed by atoms with E-state index >= 15 is 0 Å². The van der Waals surface area contributed by atoms with E-state index in [1.807, 2.05) is 0 Å². The first-order valence-corrected chi connectivity index (χ1v) is 7.32. The summed E-state index contributed by atoms with van der Waals surface area (Å²) >= 11 is 0. The first-order chi connectivity index (χ1) is 9.58. The number of nitrogens with one attached hydrogen (secondary N) is 1. The van der Waals surface area contributed by atoms with E-state index in [1.54, 1.807) is 0 Å². The number of fused-ring (bicyclic) bond motifs is 1. The van der Waals surface area contributed by atoms with Crippen LogP contribution in [-0.4, -0.2) is 12.5 Å². The zero-order valence-corrected chi connectivity index (χ0v) is 12.1. The molecule has 1 aliphatic rings. The van der Waals surface area contributed by atoms with Crippen molar-refractivity contribution in [2.24, 2.45) is 11.3 Å². The molecule has 1 amide bonds. The molecule has 3 rings (SSSR count). The quantitative estimate of drug-likeness (QED) is 0.902. The third kappa shape index (κ3) is 2.55. The van der Waals surface area contributed by atoms with Crippen molar-refractivity contribution in [3.8, 4) is 0 Å². The van der Waals surface area contributed by atoms with E-state index in [1.165, 1.54) is 16.3 Å². The van der Waals surface area contributed by atoms with E-state index in [0.717, 1.165) is 19.4 Å². The molecule has 2 heteroatoms. The largest absolute Gasteiger partial charge is 0.356 e. The van der Waals surface area contributed by atoms with Crippen LogP contribution in [-0.2, 0) is 11.2 Å². The van der Waals surface area contributed by atoms with Crippen LogP contribution in [0.4, 0.5) is 0 Å². The summed E-state index contributed by atoms with van der Waals surface area (Å²) in [5.41, 5.74) is 1.52. The molecule has 1 unspecified atom stereocenters. The van der Waals surface area contributed by atoms with E-state index in [2.05, 4.69) is 61.6 Å². The second-order valence-corrected chi connectivity index (χ2v) is 6.42. The number of carbonyl (C=O) groups excluding carboxylic acids is 1. The van der Waals surface area contributed by atoms with Gasteiger partial charge in [0.15, 0.2) is 0 Å². The lowest BCUT2D eigenvalue weighted by molar-refractivity contribution is -0.122. The Balaban J connectivity index is 1.62. The molecule has 1 saturated carbocycles. The van der Waals surface area contributed by atoms with Crippen molar-refractivity contribution >= 4 is 16.7 Å². The highest BCUT2D eigenvalue weighted by Gasteiger charge is 2.50. The molecule has 0 heterocycles. The van der Waals surface area contributed by atoms with Gasteiger partial charge in [0.2, 0.25) is 5.91 Å². The lowest BCUT2D eigenvalue weighted by atomic mass is 10.0. The molecular weight excluding hydrogens is 246 g/mol. The smallest absolute Gasteiger partial charge is 0.223 e. The molecule has 104 valence electrons. The molecule has 1 atom stereocenters. The first kappa shape index (κ1) is 13.2. The van der Waals surface area contributed by atoms with E-state index in [-0.39, 0.29) is 17.2 Å². The SMILES string of the molecule is CC1(C)CC1C(=O)NCCc1cccc2ccccc12. The molecule has 0 spiro atoms. The van der Waals surface area contributed by atoms with Crippen molar-refractivity contribution in [1.29, 1.82) is 0 Å². The standard InChI is InChI=1S/C18H21NO/c1-18(2)12-16(18)17(20)19-11-10-14-8-5-7-13-6-3-4-9-15(13)14/h3-9,16H,10-12H2,1-2H3,(H,19,20). The number of rotatable bonds is 4. The molecule has 2 nitrogen and oxygen atoms in total. The van der Waals surface area contributed by atoms with Crippen molar-refractivity contribution < 1.29 is 4.79 Å². The van der Waals surface area contributed by atoms with Crippen LogP contribution < -0.4 is 5.32 Å². The van der Waals surface area contributed by atoms with Gasteiger partial charge in [0.05, 0.1) is 0 Å². The average Bonchev–Trinajstić information content (AvgIpc) is 3.08. The zero-order chi connectivity index (χ0) is 14.2. The molecule has 1 aliphatic carbocycles. The number of carbonyl (C=O) groups is 1. The maximum atomic E-state index is 12.0. The monoisotopic (exact) mass is 267 g/mol. The van der Waals surface area contributed by atoms with Crippen LogP contribution in [0, 0.1) is 11.3 Å². The van der Waals surface area contributed by atoms with E-state index < -0.39 is 0 Å². The van der Waals surface area contributed by atoms with Gasteiger partial charge < -0.3 is 5.32 Å². The third-order valence-corrected chi connectivity index (χ3v) is 4.40. The van der Waals surface area contributed by atoms with Crippen molar-refractivity contribution in [2.75, 3.05) is 6.54 Å². The summed E-state index contributed by atoms with van der Waals surface area (Å²) in [5.74, 6) is 0.435. The predicted molar refractivity (Wildman–Crippen MR) is 82.5 cm³/mol. The van der Waals surface area contributed by atoms with Crippen LogP contribution >= 0.6 is 0 Å². The fourth-order valence-electron chi connectivity index (χ4n) is 2.87. The Hall–Kier alpha value is -1.83. The Labute approximate surface area is 120 Å². The second-order valence-electron chi connectivity index (χ2n) is 6.42. The Morgan fingerprint density at radius 3 is 2.65 bits per heavy atom. The van der Waals surface area contributed by atoms with Gasteiger partial charge in [-0.25, -0.2) is 0 Å². The molecule has 0 saturated heterocycles. The van der Waals surface area contributed by atoms with Gasteiger partial charge in [-0.3, -0.25) is 4.79 Å². The lowest BCUT2D eigenvalue weighted by Gasteiger charge is -2.09. The van der Waals surface area contributed by atoms with Gasteiger partial charge in [0.25, 0.3) is 0 Å². The van der Waals surface area contributed by atoms with Crippen LogP contribution in [0.2, 0.25) is 0 Å². The number of benzene rings is 2. The van der Waals surface area contributed by atoms with Gasteiger partial charge in [-0.15, -0.1) is 0 Å². The van der Waals surface area contributed by atoms with Gasteiger partial charge in [-0.05, 0) is 34.6 Å². The molecule has 1 fully saturated rings. The average molecular weight is 267 g/mol. The first-order valence-electron chi connectivity index (χ1n) is 7.32. The minimum atomic E-state index is 0.212. The fraction of sp³-hybridized carbons (Fsp3) is 0.389. The normalized spacial score (nSPS) is 19.8. The van der Waals surface area contributed by atoms with Crippen LogP contribution in [0.15, 0.2) is 42.5 Å². The minimum Gasteiger partial charge on any atom is -0.356 e. The summed E-state index contributed by atoms with van der Waals surface area (Å²) in [5, 5.41) is 5.63. The fourth-order valence-corrected chi connectivity index (χ4v) is 2.87. The molecule has 0 radical (unpaired) electrons. The molecule has 2 aromatic carbocycles. The van der Waals surface area contributed by atoms with Gasteiger partial charge in [-0.2, -0.15) is 0 Å². The van der Waals surface area contributed by atoms with Gasteiger partial charge in [-0.1, -0.05) is 56.3 Å². The molecular formula is C18H21NO. The highest BCUT2D eigenvalue weighted by molar-refractivity contribution is 5.86. The van der Waals surface area contributed by atoms with E-state index in [0.29, 0.717) is 0 Å². The third-order valence-electron chi connectivity index (χ3n) is 4.40. The number of hydrogen-bond donors (Lipinski definition) is 1. The van der Waals surface area contributed by atoms with E-state index in [9.17, 15) is 4.79 Å². The molecule has 0 bridgehead atoms. The Bertz CT molecular complexity index is 639. The van der Waals surface area contributed by atoms with Crippen molar-refractivity contribution in [3.63, 3.8) is 0 Å². The van der Waals surface area contributed by atoms with Crippen molar-refractivity contribution in [1.82, 2.24) is 5.32 Å². The van der Waals surface area contributed by atoms with Gasteiger partial charge >= 0.3 is 0 Å². The molecule has 0 aromatic heterocycles. The summed E-state index contributed by atoms with van der Waals surface area (Å²) in [6.07, 6.45) is 1.91. The summed E-state index contributed by atoms with van der Waals surface area (Å²) in [6.45, 7) is 5.03. The Morgan fingerprint density at radius 1 is 1.20 bits per heavy atom. The Morgan fingerprint density at radius 2 is 1.90 bits per heavy atom. The lowest BCUT2D eigenvalue weighted by Crippen LogP contribution is -2.28. The molecule has 2 aromatic rings. The summed E-state index contributed by atoms with van der Waals surface area (Å²) in [4.78, 5) is 12.0. The summed E-state index contributed by atoms with van der Waals surface area (Å²) in [7, 11) is 0. The van der Waals surface area contributed by atoms with Crippen molar-refractivity contribution in [2.45, 2.75) is 26.7 Å². The van der Waals surface area contributed by atoms with Gasteiger partial charge in [0, 0.05) is 12.5 Å². The maximum Gasteiger partial charge on any atom is 0.223 e. The van der Waals surface area contributed by atoms with E-state index in [4.69, 9.17) is 0 Å². The molecule has 0 aliphatic heterocycles. The van der Waals surface area contributed by atoms with Crippen LogP contribution in [0.1, 0.15) is 25.8 Å². The molecule has 1 N–H and O–H groups in total. The summed E-state index contributed by atoms with van der Waals surface area (Å²) in [6, 6.07) is 14.8.